The molecule has 3 rings (SSSR count). The number of benzene rings is 1. The van der Waals surface area contributed by atoms with Crippen molar-refractivity contribution in [1.82, 2.24) is 19.4 Å². The van der Waals surface area contributed by atoms with Crippen LogP contribution < -0.4 is 0 Å². The highest BCUT2D eigenvalue weighted by molar-refractivity contribution is 6.76. The van der Waals surface area contributed by atoms with Gasteiger partial charge in [-0.05, 0) is 45.0 Å². The van der Waals surface area contributed by atoms with Gasteiger partial charge in [-0.25, -0.2) is 14.2 Å². The maximum atomic E-state index is 14.1. The third kappa shape index (κ3) is 8.59. The van der Waals surface area contributed by atoms with Gasteiger partial charge in [-0.1, -0.05) is 31.2 Å². The third-order valence-electron chi connectivity index (χ3n) is 5.69. The van der Waals surface area contributed by atoms with Crippen LogP contribution in [-0.2, 0) is 22.7 Å². The summed E-state index contributed by atoms with van der Waals surface area (Å²) in [5.74, 6) is 0.225. The van der Waals surface area contributed by atoms with Crippen LogP contribution >= 0.6 is 11.6 Å². The largest absolute Gasteiger partial charge is 0.444 e. The molecule has 35 heavy (non-hydrogen) atoms. The summed E-state index contributed by atoms with van der Waals surface area (Å²) in [6.45, 7) is 16.9. The Bertz CT molecular complexity index is 991. The molecule has 0 unspecified atom stereocenters. The minimum absolute atomic E-state index is 0.275. The Morgan fingerprint density at radius 2 is 1.83 bits per heavy atom. The van der Waals surface area contributed by atoms with Gasteiger partial charge in [0.15, 0.2) is 0 Å². The molecule has 0 spiro atoms. The van der Waals surface area contributed by atoms with Crippen LogP contribution in [0.2, 0.25) is 30.7 Å². The number of ether oxygens (including phenoxy) is 2. The lowest BCUT2D eigenvalue weighted by Crippen LogP contribution is -2.49. The summed E-state index contributed by atoms with van der Waals surface area (Å²) < 4.78 is 27.6. The number of carbonyl (C=O) groups is 1. The van der Waals surface area contributed by atoms with E-state index in [9.17, 15) is 9.18 Å². The van der Waals surface area contributed by atoms with Crippen molar-refractivity contribution in [2.24, 2.45) is 0 Å². The van der Waals surface area contributed by atoms with Crippen molar-refractivity contribution in [3.63, 3.8) is 0 Å². The molecular formula is C25H38ClFN4O3Si. The number of rotatable bonds is 8. The number of carbonyl (C=O) groups excluding carboxylic acids is 1. The van der Waals surface area contributed by atoms with Crippen LogP contribution in [0.1, 0.15) is 26.5 Å². The lowest BCUT2D eigenvalue weighted by atomic mass is 10.2. The molecule has 1 fully saturated rings. The molecule has 1 aromatic heterocycles. The van der Waals surface area contributed by atoms with Crippen molar-refractivity contribution in [1.29, 1.82) is 0 Å². The van der Waals surface area contributed by atoms with E-state index >= 15 is 0 Å². The van der Waals surface area contributed by atoms with Crippen LogP contribution in [0.15, 0.2) is 24.4 Å². The first-order valence-corrected chi connectivity index (χ1v) is 16.2. The average molecular weight is 525 g/mol. The van der Waals surface area contributed by atoms with Crippen molar-refractivity contribution in [3.8, 4) is 11.4 Å². The van der Waals surface area contributed by atoms with Crippen molar-refractivity contribution >= 4 is 25.8 Å². The van der Waals surface area contributed by atoms with Crippen LogP contribution in [0, 0.1) is 5.82 Å². The predicted molar refractivity (Wildman–Crippen MR) is 140 cm³/mol. The molecule has 0 N–H and O–H groups in total. The van der Waals surface area contributed by atoms with Crippen LogP contribution in [0.3, 0.4) is 0 Å². The summed E-state index contributed by atoms with van der Waals surface area (Å²) >= 11 is 6.12. The number of nitrogens with zero attached hydrogens (tertiary/aromatic N) is 4. The Labute approximate surface area is 214 Å². The fourth-order valence-electron chi connectivity index (χ4n) is 3.77. The maximum absolute atomic E-state index is 14.1. The zero-order valence-electron chi connectivity index (χ0n) is 21.7. The molecule has 1 amide bonds. The average Bonchev–Trinajstić information content (AvgIpc) is 3.11. The SMILES string of the molecule is CC(C)(C)OC(=O)N1CCN(Cc2cnc(-c3cc(F)cc(Cl)c3)n2COCC[Si](C)(C)C)CC1. The van der Waals surface area contributed by atoms with Gasteiger partial charge in [0, 0.05) is 58.0 Å². The first-order chi connectivity index (χ1) is 16.3. The second-order valence-corrected chi connectivity index (χ2v) is 17.3. The minimum Gasteiger partial charge on any atom is -0.444 e. The molecule has 10 heteroatoms. The number of hydrogen-bond donors (Lipinski definition) is 0. The van der Waals surface area contributed by atoms with Crippen LogP contribution in [0.5, 0.6) is 0 Å². The summed E-state index contributed by atoms with van der Waals surface area (Å²) in [6, 6.07) is 5.50. The van der Waals surface area contributed by atoms with E-state index in [1.165, 1.54) is 12.1 Å². The number of hydrogen-bond acceptors (Lipinski definition) is 5. The highest BCUT2D eigenvalue weighted by Crippen LogP contribution is 2.26. The summed E-state index contributed by atoms with van der Waals surface area (Å²) in [4.78, 5) is 21.0. The van der Waals surface area contributed by atoms with E-state index in [-0.39, 0.29) is 6.09 Å². The number of piperazine rings is 1. The van der Waals surface area contributed by atoms with E-state index in [2.05, 4.69) is 29.5 Å². The zero-order valence-corrected chi connectivity index (χ0v) is 23.5. The first-order valence-electron chi connectivity index (χ1n) is 12.1. The summed E-state index contributed by atoms with van der Waals surface area (Å²) in [7, 11) is -1.22. The molecule has 1 aromatic carbocycles. The molecule has 0 aliphatic carbocycles. The fraction of sp³-hybridized carbons (Fsp3) is 0.600. The maximum Gasteiger partial charge on any atom is 0.410 e. The molecule has 2 aromatic rings. The van der Waals surface area contributed by atoms with E-state index in [0.29, 0.717) is 49.4 Å². The lowest BCUT2D eigenvalue weighted by Gasteiger charge is -2.35. The molecule has 0 atom stereocenters. The molecule has 0 radical (unpaired) electrons. The van der Waals surface area contributed by atoms with Crippen molar-refractivity contribution in [2.45, 2.75) is 65.3 Å². The standard InChI is InChI=1S/C25H38ClFN4O3Si/c1-25(2,3)34-24(32)30-9-7-29(8-10-30)17-22-16-28-23(19-13-20(26)15-21(27)14-19)31(22)18-33-11-12-35(4,5)6/h13-16H,7-12,17-18H2,1-6H3. The van der Waals surface area contributed by atoms with Gasteiger partial charge in [0.05, 0.1) is 11.9 Å². The molecule has 2 heterocycles. The van der Waals surface area contributed by atoms with Gasteiger partial charge >= 0.3 is 6.09 Å². The van der Waals surface area contributed by atoms with Gasteiger partial charge < -0.3 is 18.9 Å². The number of amides is 1. The summed E-state index contributed by atoms with van der Waals surface area (Å²) in [5, 5.41) is 0.328. The van der Waals surface area contributed by atoms with Gasteiger partial charge in [0.1, 0.15) is 24.0 Å². The quantitative estimate of drug-likeness (QED) is 0.327. The molecule has 1 aliphatic rings. The minimum atomic E-state index is -1.22. The number of aromatic nitrogens is 2. The Morgan fingerprint density at radius 1 is 1.14 bits per heavy atom. The molecule has 7 nitrogen and oxygen atoms in total. The van der Waals surface area contributed by atoms with Gasteiger partial charge in [0.2, 0.25) is 0 Å². The fourth-order valence-corrected chi connectivity index (χ4v) is 4.75. The van der Waals surface area contributed by atoms with Crippen molar-refractivity contribution in [2.75, 3.05) is 32.8 Å². The lowest BCUT2D eigenvalue weighted by molar-refractivity contribution is 0.0135. The molecule has 0 bridgehead atoms. The first kappa shape index (κ1) is 27.6. The smallest absolute Gasteiger partial charge is 0.410 e. The third-order valence-corrected chi connectivity index (χ3v) is 7.61. The highest BCUT2D eigenvalue weighted by atomic mass is 35.5. The van der Waals surface area contributed by atoms with E-state index in [1.54, 1.807) is 11.0 Å². The van der Waals surface area contributed by atoms with Gasteiger partial charge in [-0.2, -0.15) is 0 Å². The molecule has 1 saturated heterocycles. The van der Waals surface area contributed by atoms with Gasteiger partial charge in [0.25, 0.3) is 0 Å². The van der Waals surface area contributed by atoms with Crippen LogP contribution in [0.4, 0.5) is 9.18 Å². The summed E-state index contributed by atoms with van der Waals surface area (Å²) in [5.41, 5.74) is 1.08. The number of imidazole rings is 1. The highest BCUT2D eigenvalue weighted by Gasteiger charge is 2.26. The predicted octanol–water partition coefficient (Wildman–Crippen LogP) is 5.71. The van der Waals surface area contributed by atoms with E-state index < -0.39 is 19.5 Å². The number of halogens is 2. The summed E-state index contributed by atoms with van der Waals surface area (Å²) in [6.07, 6.45) is 1.54. The van der Waals surface area contributed by atoms with Gasteiger partial charge in [-0.15, -0.1) is 0 Å². The van der Waals surface area contributed by atoms with Gasteiger partial charge in [-0.3, -0.25) is 4.90 Å². The van der Waals surface area contributed by atoms with E-state index in [0.717, 1.165) is 24.8 Å². The molecule has 194 valence electrons. The van der Waals surface area contributed by atoms with Crippen molar-refractivity contribution < 1.29 is 18.7 Å². The Kier molecular flexibility index (Phi) is 9.01. The topological polar surface area (TPSA) is 59.8 Å². The zero-order chi connectivity index (χ0) is 25.8. The second-order valence-electron chi connectivity index (χ2n) is 11.3. The van der Waals surface area contributed by atoms with Crippen LogP contribution in [-0.4, -0.2) is 71.9 Å². The Balaban J connectivity index is 1.71. The normalized spacial score (nSPS) is 15.5. The van der Waals surface area contributed by atoms with E-state index in [4.69, 9.17) is 21.1 Å². The van der Waals surface area contributed by atoms with E-state index in [1.807, 2.05) is 31.5 Å². The Morgan fingerprint density at radius 3 is 2.43 bits per heavy atom. The van der Waals surface area contributed by atoms with Crippen molar-refractivity contribution in [3.05, 3.63) is 40.9 Å². The van der Waals surface area contributed by atoms with Crippen LogP contribution in [0.25, 0.3) is 11.4 Å². The Hall–Kier alpha value is -1.94. The molecule has 0 saturated carbocycles. The molecular weight excluding hydrogens is 487 g/mol. The monoisotopic (exact) mass is 524 g/mol. The second kappa shape index (κ2) is 11.4. The molecule has 1 aliphatic heterocycles.